The number of thiophene rings is 1. The van der Waals surface area contributed by atoms with Crippen molar-refractivity contribution in [2.75, 3.05) is 12.9 Å². The minimum atomic E-state index is -0.139. The molecule has 7 nitrogen and oxygen atoms in total. The number of furan rings is 1. The number of hydrogen-bond acceptors (Lipinski definition) is 7. The molecule has 1 aliphatic rings. The van der Waals surface area contributed by atoms with Gasteiger partial charge in [0.2, 0.25) is 5.91 Å². The maximum Gasteiger partial charge on any atom is 0.263 e. The zero-order valence-electron chi connectivity index (χ0n) is 18.8. The fraction of sp³-hybridized carbons (Fsp3) is 0.320. The molecule has 0 saturated carbocycles. The third-order valence-corrected chi connectivity index (χ3v) is 8.10. The molecule has 1 aliphatic carbocycles. The average molecular weight is 496 g/mol. The van der Waals surface area contributed by atoms with Crippen molar-refractivity contribution in [1.29, 1.82) is 0 Å². The van der Waals surface area contributed by atoms with Gasteiger partial charge in [-0.2, -0.15) is 0 Å². The van der Waals surface area contributed by atoms with Crippen LogP contribution >= 0.6 is 23.1 Å². The highest BCUT2D eigenvalue weighted by molar-refractivity contribution is 7.99. The average Bonchev–Trinajstić information content (AvgIpc) is 3.51. The Morgan fingerprint density at radius 3 is 2.91 bits per heavy atom. The third-order valence-electron chi connectivity index (χ3n) is 5.93. The van der Waals surface area contributed by atoms with Gasteiger partial charge in [0.15, 0.2) is 5.16 Å². The van der Waals surface area contributed by atoms with Crippen molar-refractivity contribution in [2.45, 2.75) is 43.9 Å². The zero-order valence-corrected chi connectivity index (χ0v) is 20.5. The second kappa shape index (κ2) is 10.1. The van der Waals surface area contributed by atoms with Crippen molar-refractivity contribution in [3.63, 3.8) is 0 Å². The van der Waals surface area contributed by atoms with Crippen LogP contribution in [0.25, 0.3) is 10.2 Å². The molecule has 0 bridgehead atoms. The number of fused-ring (bicyclic) bond motifs is 3. The number of ether oxygens (including phenoxy) is 1. The molecule has 176 valence electrons. The maximum atomic E-state index is 13.6. The van der Waals surface area contributed by atoms with E-state index in [9.17, 15) is 9.59 Å². The van der Waals surface area contributed by atoms with E-state index < -0.39 is 0 Å². The number of carbonyl (C=O) groups is 1. The first-order chi connectivity index (χ1) is 16.6. The van der Waals surface area contributed by atoms with E-state index in [4.69, 9.17) is 14.1 Å². The summed E-state index contributed by atoms with van der Waals surface area (Å²) in [5.74, 6) is 1.42. The Labute approximate surface area is 205 Å². The quantitative estimate of drug-likeness (QED) is 0.288. The van der Waals surface area contributed by atoms with E-state index in [-0.39, 0.29) is 23.8 Å². The van der Waals surface area contributed by atoms with Crippen LogP contribution in [0.5, 0.6) is 5.75 Å². The summed E-state index contributed by atoms with van der Waals surface area (Å²) in [6, 6.07) is 11.2. The highest BCUT2D eigenvalue weighted by Crippen LogP contribution is 2.34. The Balaban J connectivity index is 1.39. The molecular formula is C25H25N3O4S2. The van der Waals surface area contributed by atoms with E-state index >= 15 is 0 Å². The monoisotopic (exact) mass is 495 g/mol. The first kappa shape index (κ1) is 22.7. The first-order valence-corrected chi connectivity index (χ1v) is 13.0. The molecule has 1 N–H and O–H groups in total. The number of nitrogens with one attached hydrogen (secondary N) is 1. The lowest BCUT2D eigenvalue weighted by atomic mass is 9.97. The predicted octanol–water partition coefficient (Wildman–Crippen LogP) is 4.40. The summed E-state index contributed by atoms with van der Waals surface area (Å²) in [5, 5.41) is 4.19. The van der Waals surface area contributed by atoms with Gasteiger partial charge in [0.05, 0.1) is 31.1 Å². The minimum Gasteiger partial charge on any atom is -0.496 e. The summed E-state index contributed by atoms with van der Waals surface area (Å²) in [7, 11) is 1.61. The molecule has 34 heavy (non-hydrogen) atoms. The summed E-state index contributed by atoms with van der Waals surface area (Å²) in [5.41, 5.74) is 2.00. The van der Waals surface area contributed by atoms with Gasteiger partial charge in [-0.1, -0.05) is 30.0 Å². The van der Waals surface area contributed by atoms with Gasteiger partial charge in [-0.3, -0.25) is 14.2 Å². The van der Waals surface area contributed by atoms with Crippen LogP contribution < -0.4 is 15.6 Å². The Kier molecular flexibility index (Phi) is 6.73. The van der Waals surface area contributed by atoms with E-state index in [1.54, 1.807) is 35.3 Å². The molecule has 1 aromatic carbocycles. The van der Waals surface area contributed by atoms with Crippen LogP contribution in [0.1, 0.15) is 34.6 Å². The van der Waals surface area contributed by atoms with Crippen LogP contribution in [-0.4, -0.2) is 28.3 Å². The first-order valence-electron chi connectivity index (χ1n) is 11.2. The number of nitrogens with zero attached hydrogens (tertiary/aromatic N) is 2. The summed E-state index contributed by atoms with van der Waals surface area (Å²) in [6.45, 7) is 0.650. The number of carbonyl (C=O) groups excluding carboxylic acids is 1. The van der Waals surface area contributed by atoms with Gasteiger partial charge in [-0.25, -0.2) is 4.98 Å². The van der Waals surface area contributed by atoms with Gasteiger partial charge in [0.1, 0.15) is 16.3 Å². The molecule has 5 rings (SSSR count). The maximum absolute atomic E-state index is 13.6. The van der Waals surface area contributed by atoms with Crippen LogP contribution in [-0.2, 0) is 30.7 Å². The number of hydrogen-bond donors (Lipinski definition) is 1. The van der Waals surface area contributed by atoms with Crippen LogP contribution in [0.2, 0.25) is 0 Å². The molecule has 1 amide bonds. The van der Waals surface area contributed by atoms with E-state index in [0.717, 1.165) is 52.8 Å². The molecule has 3 aromatic heterocycles. The molecule has 0 radical (unpaired) electrons. The van der Waals surface area contributed by atoms with Gasteiger partial charge in [0.25, 0.3) is 5.56 Å². The van der Waals surface area contributed by atoms with Crippen LogP contribution in [0.3, 0.4) is 0 Å². The Morgan fingerprint density at radius 2 is 2.09 bits per heavy atom. The summed E-state index contributed by atoms with van der Waals surface area (Å²) in [6.07, 6.45) is 5.76. The third kappa shape index (κ3) is 4.63. The molecule has 0 atom stereocenters. The minimum absolute atomic E-state index is 0.0577. The lowest BCUT2D eigenvalue weighted by Crippen LogP contribution is -2.27. The number of aryl methyl sites for hydroxylation is 2. The topological polar surface area (TPSA) is 86.4 Å². The van der Waals surface area contributed by atoms with E-state index in [2.05, 4.69) is 5.32 Å². The standard InChI is InChI=1S/C25H25N3O4S2/c1-31-19-10-4-2-7-16(19)13-26-21(29)15-33-25-27-23-22(18-9-3-5-11-20(18)34-23)24(30)28(25)14-17-8-6-12-32-17/h2,4,6-8,10,12H,3,5,9,11,13-15H2,1H3,(H,26,29). The lowest BCUT2D eigenvalue weighted by molar-refractivity contribution is -0.118. The van der Waals surface area contributed by atoms with Gasteiger partial charge in [-0.05, 0) is 49.4 Å². The SMILES string of the molecule is COc1ccccc1CNC(=O)CSc1nc2sc3c(c2c(=O)n1Cc1ccco1)CCCC3. The number of amides is 1. The highest BCUT2D eigenvalue weighted by Gasteiger charge is 2.23. The molecule has 9 heteroatoms. The van der Waals surface area contributed by atoms with Gasteiger partial charge in [-0.15, -0.1) is 11.3 Å². The van der Waals surface area contributed by atoms with Gasteiger partial charge < -0.3 is 14.5 Å². The number of thioether (sulfide) groups is 1. The lowest BCUT2D eigenvalue weighted by Gasteiger charge is -2.13. The van der Waals surface area contributed by atoms with E-state index in [1.807, 2.05) is 30.3 Å². The molecule has 0 fully saturated rings. The van der Waals surface area contributed by atoms with E-state index in [0.29, 0.717) is 17.5 Å². The second-order valence-electron chi connectivity index (χ2n) is 8.13. The van der Waals surface area contributed by atoms with Crippen LogP contribution in [0, 0.1) is 0 Å². The second-order valence-corrected chi connectivity index (χ2v) is 10.2. The Bertz CT molecular complexity index is 1380. The predicted molar refractivity (Wildman–Crippen MR) is 134 cm³/mol. The van der Waals surface area contributed by atoms with E-state index in [1.165, 1.54) is 16.6 Å². The normalized spacial score (nSPS) is 13.1. The summed E-state index contributed by atoms with van der Waals surface area (Å²) < 4.78 is 12.5. The molecule has 0 aliphatic heterocycles. The fourth-order valence-electron chi connectivity index (χ4n) is 4.25. The number of benzene rings is 1. The van der Waals surface area contributed by atoms with Gasteiger partial charge >= 0.3 is 0 Å². The van der Waals surface area contributed by atoms with Crippen LogP contribution in [0.4, 0.5) is 0 Å². The van der Waals surface area contributed by atoms with Crippen molar-refractivity contribution in [2.24, 2.45) is 0 Å². The van der Waals surface area contributed by atoms with Crippen molar-refractivity contribution >= 4 is 39.2 Å². The fourth-order valence-corrected chi connectivity index (χ4v) is 6.38. The van der Waals surface area contributed by atoms with Crippen molar-refractivity contribution in [3.05, 3.63) is 74.8 Å². The molecule has 0 unspecified atom stereocenters. The Hall–Kier alpha value is -3.04. The van der Waals surface area contributed by atoms with Crippen molar-refractivity contribution in [3.8, 4) is 5.75 Å². The number of para-hydroxylation sites is 1. The largest absolute Gasteiger partial charge is 0.496 e. The van der Waals surface area contributed by atoms with Crippen LogP contribution in [0.15, 0.2) is 57.0 Å². The smallest absolute Gasteiger partial charge is 0.263 e. The summed E-state index contributed by atoms with van der Waals surface area (Å²) in [4.78, 5) is 33.1. The number of rotatable bonds is 8. The van der Waals surface area contributed by atoms with Crippen molar-refractivity contribution < 1.29 is 13.9 Å². The molecule has 4 aromatic rings. The molecular weight excluding hydrogens is 470 g/mol. The highest BCUT2D eigenvalue weighted by atomic mass is 32.2. The van der Waals surface area contributed by atoms with Crippen molar-refractivity contribution in [1.82, 2.24) is 14.9 Å². The molecule has 3 heterocycles. The zero-order chi connectivity index (χ0) is 23.5. The molecule has 0 saturated heterocycles. The summed E-state index contributed by atoms with van der Waals surface area (Å²) >= 11 is 2.89. The Morgan fingerprint density at radius 1 is 1.24 bits per heavy atom. The number of aromatic nitrogens is 2. The van der Waals surface area contributed by atoms with Gasteiger partial charge in [0, 0.05) is 17.0 Å². The number of methoxy groups -OCH3 is 1. The molecule has 0 spiro atoms.